The molecule has 0 saturated carbocycles. The lowest BCUT2D eigenvalue weighted by molar-refractivity contribution is -0.139. The van der Waals surface area contributed by atoms with Crippen LogP contribution in [0.2, 0.25) is 0 Å². The Balaban J connectivity index is 0.000000751. The summed E-state index contributed by atoms with van der Waals surface area (Å²) in [5.41, 5.74) is 3.40. The van der Waals surface area contributed by atoms with Gasteiger partial charge in [-0.2, -0.15) is 0 Å². The van der Waals surface area contributed by atoms with Gasteiger partial charge in [-0.05, 0) is 42.5 Å². The zero-order valence-corrected chi connectivity index (χ0v) is 18.2. The summed E-state index contributed by atoms with van der Waals surface area (Å²) in [6.45, 7) is 1.14. The first-order chi connectivity index (χ1) is 16.3. The van der Waals surface area contributed by atoms with Gasteiger partial charge in [-0.15, -0.1) is 0 Å². The maximum atomic E-state index is 12.6. The molecule has 0 bridgehead atoms. The normalized spacial score (nSPS) is 11.1. The van der Waals surface area contributed by atoms with Crippen LogP contribution >= 0.6 is 0 Å². The van der Waals surface area contributed by atoms with E-state index < -0.39 is 23.9 Å². The summed E-state index contributed by atoms with van der Waals surface area (Å²) in [4.78, 5) is 44.9. The number of H-pyrrole nitrogens is 1. The third kappa shape index (κ3) is 6.63. The Bertz CT molecular complexity index is 1270. The van der Waals surface area contributed by atoms with E-state index in [9.17, 15) is 14.7 Å². The quantitative estimate of drug-likeness (QED) is 0.281. The van der Waals surface area contributed by atoms with E-state index in [1.165, 1.54) is 0 Å². The van der Waals surface area contributed by atoms with E-state index >= 15 is 0 Å². The molecule has 1 atom stereocenters. The number of nitrogens with zero attached hydrogens (tertiary/aromatic N) is 2. The van der Waals surface area contributed by atoms with Crippen LogP contribution in [0, 0.1) is 0 Å². The second-order valence-electron chi connectivity index (χ2n) is 7.18. The minimum absolute atomic E-state index is 0.0591. The molecule has 4 aromatic rings. The van der Waals surface area contributed by atoms with Crippen molar-refractivity contribution in [2.24, 2.45) is 0 Å². The van der Waals surface area contributed by atoms with E-state index in [1.807, 2.05) is 42.5 Å². The van der Waals surface area contributed by atoms with Gasteiger partial charge in [0.2, 0.25) is 0 Å². The van der Waals surface area contributed by atoms with Crippen molar-refractivity contribution in [1.29, 1.82) is 0 Å². The van der Waals surface area contributed by atoms with Gasteiger partial charge in [0.1, 0.15) is 11.9 Å². The third-order valence-corrected chi connectivity index (χ3v) is 4.59. The Morgan fingerprint density at radius 3 is 2.32 bits per heavy atom. The lowest BCUT2D eigenvalue weighted by Gasteiger charge is -2.16. The first-order valence-corrected chi connectivity index (χ1v) is 10.3. The van der Waals surface area contributed by atoms with Crippen molar-refractivity contribution in [1.82, 2.24) is 20.3 Å². The van der Waals surface area contributed by atoms with Crippen LogP contribution in [0.1, 0.15) is 17.3 Å². The predicted octanol–water partition coefficient (Wildman–Crippen LogP) is 3.01. The molecule has 2 aromatic heterocycles. The fourth-order valence-electron chi connectivity index (χ4n) is 3.01. The van der Waals surface area contributed by atoms with E-state index in [4.69, 9.17) is 9.90 Å². The molecule has 2 aromatic carbocycles. The van der Waals surface area contributed by atoms with Gasteiger partial charge in [0.15, 0.2) is 0 Å². The maximum absolute atomic E-state index is 12.6. The molecular formula is C24H23N5O5. The summed E-state index contributed by atoms with van der Waals surface area (Å²) in [5, 5.41) is 22.5. The summed E-state index contributed by atoms with van der Waals surface area (Å²) < 4.78 is 0. The topological polar surface area (TPSA) is 157 Å². The van der Waals surface area contributed by atoms with Crippen LogP contribution in [0.25, 0.3) is 22.4 Å². The van der Waals surface area contributed by atoms with Gasteiger partial charge in [0, 0.05) is 42.7 Å². The molecule has 0 aliphatic heterocycles. The molecule has 0 fully saturated rings. The molecule has 0 spiro atoms. The molecule has 2 heterocycles. The largest absolute Gasteiger partial charge is 0.481 e. The third-order valence-electron chi connectivity index (χ3n) is 4.59. The number of aliphatic carboxylic acids is 2. The van der Waals surface area contributed by atoms with E-state index in [0.29, 0.717) is 22.4 Å². The van der Waals surface area contributed by atoms with Crippen molar-refractivity contribution in [3.63, 3.8) is 0 Å². The number of nitrogens with one attached hydrogen (secondary N) is 3. The molecule has 10 nitrogen and oxygen atoms in total. The fraction of sp³-hybridized carbons (Fsp3) is 0.125. The number of fused-ring (bicyclic) bond motifs is 1. The number of carboxylic acid groups (broad SMARTS) is 2. The van der Waals surface area contributed by atoms with Gasteiger partial charge in [0.05, 0.1) is 11.0 Å². The number of pyridine rings is 1. The Hall–Kier alpha value is -4.73. The number of amides is 1. The standard InChI is InChI=1S/C22H19N5O3.C2H4O2/c28-21(27-19(22(29)30)13-24-16-4-2-1-3-5-16)15-6-7-17-18(12-15)26-20(25-17)14-8-10-23-11-9-14;1-2(3)4/h1-12,19,24H,13H2,(H,25,26)(H,27,28)(H,29,30);1H3,(H,3,4). The molecule has 10 heteroatoms. The van der Waals surface area contributed by atoms with Crippen LogP contribution < -0.4 is 10.6 Å². The highest BCUT2D eigenvalue weighted by atomic mass is 16.4. The number of aromatic amines is 1. The Kier molecular flexibility index (Phi) is 7.90. The van der Waals surface area contributed by atoms with Crippen LogP contribution in [0.3, 0.4) is 0 Å². The Morgan fingerprint density at radius 2 is 1.68 bits per heavy atom. The van der Waals surface area contributed by atoms with Crippen LogP contribution in [0.4, 0.5) is 5.69 Å². The number of carboxylic acids is 2. The number of rotatable bonds is 7. The van der Waals surface area contributed by atoms with Crippen molar-refractivity contribution in [2.75, 3.05) is 11.9 Å². The van der Waals surface area contributed by atoms with E-state index in [1.54, 1.807) is 30.6 Å². The van der Waals surface area contributed by atoms with Crippen molar-refractivity contribution >= 4 is 34.6 Å². The first kappa shape index (κ1) is 23.9. The van der Waals surface area contributed by atoms with Crippen LogP contribution in [-0.2, 0) is 9.59 Å². The lowest BCUT2D eigenvalue weighted by Crippen LogP contribution is -2.45. The average Bonchev–Trinajstić information content (AvgIpc) is 3.26. The van der Waals surface area contributed by atoms with E-state index in [-0.39, 0.29) is 6.54 Å². The first-order valence-electron chi connectivity index (χ1n) is 10.3. The van der Waals surface area contributed by atoms with Gasteiger partial charge >= 0.3 is 5.97 Å². The number of carbonyl (C=O) groups is 3. The van der Waals surface area contributed by atoms with Crippen LogP contribution in [-0.4, -0.2) is 55.6 Å². The molecular weight excluding hydrogens is 438 g/mol. The second-order valence-corrected chi connectivity index (χ2v) is 7.18. The predicted molar refractivity (Wildman–Crippen MR) is 126 cm³/mol. The molecule has 0 saturated heterocycles. The van der Waals surface area contributed by atoms with Gasteiger partial charge < -0.3 is 25.8 Å². The SMILES string of the molecule is CC(=O)O.O=C(NC(CNc1ccccc1)C(=O)O)c1ccc2nc(-c3ccncc3)[nH]c2c1. The maximum Gasteiger partial charge on any atom is 0.328 e. The number of hydrogen-bond donors (Lipinski definition) is 5. The monoisotopic (exact) mass is 461 g/mol. The number of imidazole rings is 1. The molecule has 34 heavy (non-hydrogen) atoms. The summed E-state index contributed by atoms with van der Waals surface area (Å²) >= 11 is 0. The summed E-state index contributed by atoms with van der Waals surface area (Å²) in [6.07, 6.45) is 3.35. The van der Waals surface area contributed by atoms with Crippen molar-refractivity contribution in [3.05, 3.63) is 78.6 Å². The summed E-state index contributed by atoms with van der Waals surface area (Å²) in [6, 6.07) is 16.8. The van der Waals surface area contributed by atoms with Gasteiger partial charge in [-0.25, -0.2) is 9.78 Å². The van der Waals surface area contributed by atoms with Gasteiger partial charge in [0.25, 0.3) is 11.9 Å². The smallest absolute Gasteiger partial charge is 0.328 e. The second kappa shape index (κ2) is 11.2. The molecule has 174 valence electrons. The number of para-hydroxylation sites is 1. The number of benzene rings is 2. The highest BCUT2D eigenvalue weighted by Gasteiger charge is 2.21. The highest BCUT2D eigenvalue weighted by molar-refractivity contribution is 5.99. The number of aromatic nitrogens is 3. The minimum Gasteiger partial charge on any atom is -0.481 e. The van der Waals surface area contributed by atoms with Gasteiger partial charge in [-0.1, -0.05) is 18.2 Å². The number of hydrogen-bond acceptors (Lipinski definition) is 6. The molecule has 1 unspecified atom stereocenters. The average molecular weight is 461 g/mol. The van der Waals surface area contributed by atoms with E-state index in [2.05, 4.69) is 25.6 Å². The Labute approximate surface area is 194 Å². The van der Waals surface area contributed by atoms with Crippen molar-refractivity contribution in [2.45, 2.75) is 13.0 Å². The minimum atomic E-state index is -1.12. The highest BCUT2D eigenvalue weighted by Crippen LogP contribution is 2.20. The molecule has 1 amide bonds. The molecule has 4 rings (SSSR count). The number of carbonyl (C=O) groups excluding carboxylic acids is 1. The van der Waals surface area contributed by atoms with Crippen LogP contribution in [0.5, 0.6) is 0 Å². The lowest BCUT2D eigenvalue weighted by atomic mass is 10.1. The van der Waals surface area contributed by atoms with Crippen molar-refractivity contribution in [3.8, 4) is 11.4 Å². The zero-order valence-electron chi connectivity index (χ0n) is 18.2. The summed E-state index contributed by atoms with van der Waals surface area (Å²) in [5.74, 6) is -1.76. The summed E-state index contributed by atoms with van der Waals surface area (Å²) in [7, 11) is 0. The molecule has 0 aliphatic carbocycles. The van der Waals surface area contributed by atoms with Crippen molar-refractivity contribution < 1.29 is 24.6 Å². The Morgan fingerprint density at radius 1 is 1.00 bits per heavy atom. The number of anilines is 1. The van der Waals surface area contributed by atoms with Gasteiger partial charge in [-0.3, -0.25) is 14.6 Å². The molecule has 0 radical (unpaired) electrons. The fourth-order valence-corrected chi connectivity index (χ4v) is 3.01. The zero-order chi connectivity index (χ0) is 24.5. The molecule has 5 N–H and O–H groups in total. The molecule has 0 aliphatic rings. The van der Waals surface area contributed by atoms with Crippen LogP contribution in [0.15, 0.2) is 73.1 Å². The van der Waals surface area contributed by atoms with E-state index in [0.717, 1.165) is 18.2 Å².